The zero-order valence-electron chi connectivity index (χ0n) is 9.77. The van der Waals surface area contributed by atoms with Gasteiger partial charge < -0.3 is 0 Å². The zero-order chi connectivity index (χ0) is 13.8. The normalized spacial score (nSPS) is 11.8. The van der Waals surface area contributed by atoms with Gasteiger partial charge in [0, 0.05) is 9.92 Å². The molecule has 0 fully saturated rings. The molecule has 0 aliphatic carbocycles. The number of hydrogen-bond acceptors (Lipinski definition) is 2. The van der Waals surface area contributed by atoms with Gasteiger partial charge in [-0.05, 0) is 42.0 Å². The van der Waals surface area contributed by atoms with Crippen LogP contribution >= 0.6 is 11.6 Å². The highest BCUT2D eigenvalue weighted by molar-refractivity contribution is 7.84. The molecule has 0 N–H and O–H groups in total. The van der Waals surface area contributed by atoms with Crippen LogP contribution in [0.25, 0.3) is 0 Å². The van der Waals surface area contributed by atoms with Crippen LogP contribution in [-0.2, 0) is 16.6 Å². The summed E-state index contributed by atoms with van der Waals surface area (Å²) in [7, 11) is -1.30. The Labute approximate surface area is 117 Å². The lowest BCUT2D eigenvalue weighted by molar-refractivity contribution is 0.626. The Kier molecular flexibility index (Phi) is 4.31. The van der Waals surface area contributed by atoms with Crippen molar-refractivity contribution in [2.45, 2.75) is 10.6 Å². The molecule has 0 aromatic heterocycles. The van der Waals surface area contributed by atoms with Crippen molar-refractivity contribution in [3.63, 3.8) is 0 Å². The van der Waals surface area contributed by atoms with Crippen LogP contribution in [0, 0.1) is 17.1 Å². The summed E-state index contributed by atoms with van der Waals surface area (Å²) >= 11 is 6.02. The second kappa shape index (κ2) is 5.96. The molecular formula is C14H9ClFNOS. The average Bonchev–Trinajstić information content (AvgIpc) is 2.41. The Morgan fingerprint density at radius 3 is 2.47 bits per heavy atom. The molecule has 2 aromatic carbocycles. The van der Waals surface area contributed by atoms with E-state index in [1.165, 1.54) is 24.3 Å². The molecule has 2 aromatic rings. The highest BCUT2D eigenvalue weighted by Crippen LogP contribution is 2.21. The van der Waals surface area contributed by atoms with E-state index in [0.29, 0.717) is 21.0 Å². The molecule has 0 spiro atoms. The maximum Gasteiger partial charge on any atom is 0.123 e. The third-order valence-corrected chi connectivity index (χ3v) is 4.27. The van der Waals surface area contributed by atoms with E-state index in [9.17, 15) is 8.60 Å². The van der Waals surface area contributed by atoms with E-state index in [4.69, 9.17) is 16.9 Å². The smallest absolute Gasteiger partial charge is 0.123 e. The summed E-state index contributed by atoms with van der Waals surface area (Å²) in [4.78, 5) is 0.543. The fraction of sp³-hybridized carbons (Fsp3) is 0.0714. The molecule has 2 nitrogen and oxygen atoms in total. The first-order valence-corrected chi connectivity index (χ1v) is 7.12. The first-order chi connectivity index (χ1) is 9.10. The van der Waals surface area contributed by atoms with Crippen LogP contribution in [0.4, 0.5) is 4.39 Å². The van der Waals surface area contributed by atoms with Crippen molar-refractivity contribution in [1.29, 1.82) is 5.26 Å². The second-order valence-corrected chi connectivity index (χ2v) is 5.72. The van der Waals surface area contributed by atoms with Crippen LogP contribution < -0.4 is 0 Å². The molecule has 0 bridgehead atoms. The topological polar surface area (TPSA) is 40.9 Å². The summed E-state index contributed by atoms with van der Waals surface area (Å²) in [6.45, 7) is 0. The maximum absolute atomic E-state index is 12.8. The SMILES string of the molecule is N#Cc1ccc(CS(=O)c2ccc(F)cc2)c(Cl)c1. The molecule has 0 radical (unpaired) electrons. The van der Waals surface area contributed by atoms with Crippen LogP contribution in [0.3, 0.4) is 0 Å². The summed E-state index contributed by atoms with van der Waals surface area (Å²) < 4.78 is 24.9. The van der Waals surface area contributed by atoms with E-state index in [1.54, 1.807) is 18.2 Å². The number of benzene rings is 2. The van der Waals surface area contributed by atoms with Gasteiger partial charge in [0.2, 0.25) is 0 Å². The predicted octanol–water partition coefficient (Wildman–Crippen LogP) is 3.66. The van der Waals surface area contributed by atoms with Gasteiger partial charge in [0.25, 0.3) is 0 Å². The maximum atomic E-state index is 12.8. The summed E-state index contributed by atoms with van der Waals surface area (Å²) in [5, 5.41) is 9.15. The number of nitrogens with zero attached hydrogens (tertiary/aromatic N) is 1. The van der Waals surface area contributed by atoms with Gasteiger partial charge in [-0.25, -0.2) is 4.39 Å². The molecule has 0 saturated heterocycles. The molecule has 0 amide bonds. The summed E-state index contributed by atoms with van der Waals surface area (Å²) in [5.74, 6) is -0.131. The zero-order valence-corrected chi connectivity index (χ0v) is 11.3. The number of halogens is 2. The number of rotatable bonds is 3. The second-order valence-electron chi connectivity index (χ2n) is 3.86. The van der Waals surface area contributed by atoms with Gasteiger partial charge in [-0.1, -0.05) is 17.7 Å². The van der Waals surface area contributed by atoms with Crippen LogP contribution in [0.2, 0.25) is 5.02 Å². The van der Waals surface area contributed by atoms with E-state index in [-0.39, 0.29) is 11.6 Å². The van der Waals surface area contributed by atoms with Gasteiger partial charge in [0.05, 0.1) is 28.2 Å². The van der Waals surface area contributed by atoms with E-state index in [2.05, 4.69) is 0 Å². The summed E-state index contributed by atoms with van der Waals surface area (Å²) in [6, 6.07) is 12.4. The molecule has 1 unspecified atom stereocenters. The van der Waals surface area contributed by atoms with Crippen molar-refractivity contribution in [3.8, 4) is 6.07 Å². The molecule has 0 aliphatic heterocycles. The molecule has 5 heteroatoms. The van der Waals surface area contributed by atoms with Crippen LogP contribution in [0.5, 0.6) is 0 Å². The lowest BCUT2D eigenvalue weighted by atomic mass is 10.2. The predicted molar refractivity (Wildman–Crippen MR) is 72.7 cm³/mol. The molecule has 19 heavy (non-hydrogen) atoms. The van der Waals surface area contributed by atoms with Gasteiger partial charge in [0.15, 0.2) is 0 Å². The van der Waals surface area contributed by atoms with Crippen LogP contribution in [0.15, 0.2) is 47.4 Å². The summed E-state index contributed by atoms with van der Waals surface area (Å²) in [5.41, 5.74) is 1.16. The van der Waals surface area contributed by atoms with Gasteiger partial charge in [-0.15, -0.1) is 0 Å². The van der Waals surface area contributed by atoms with Crippen molar-refractivity contribution in [2.75, 3.05) is 0 Å². The van der Waals surface area contributed by atoms with Crippen LogP contribution in [0.1, 0.15) is 11.1 Å². The van der Waals surface area contributed by atoms with Crippen LogP contribution in [-0.4, -0.2) is 4.21 Å². The average molecular weight is 294 g/mol. The third-order valence-electron chi connectivity index (χ3n) is 2.55. The minimum absolute atomic E-state index is 0.232. The van der Waals surface area contributed by atoms with E-state index in [0.717, 1.165) is 0 Å². The standard InChI is InChI=1S/C14H9ClFNOS/c15-14-7-10(8-17)1-2-11(14)9-19(18)13-5-3-12(16)4-6-13/h1-7H,9H2. The highest BCUT2D eigenvalue weighted by atomic mass is 35.5. The Balaban J connectivity index is 2.20. The molecule has 0 heterocycles. The Bertz CT molecular complexity index is 664. The Hall–Kier alpha value is -1.70. The van der Waals surface area contributed by atoms with E-state index < -0.39 is 10.8 Å². The van der Waals surface area contributed by atoms with Gasteiger partial charge >= 0.3 is 0 Å². The van der Waals surface area contributed by atoms with Gasteiger partial charge in [-0.2, -0.15) is 5.26 Å². The fourth-order valence-corrected chi connectivity index (χ4v) is 3.01. The lowest BCUT2D eigenvalue weighted by Gasteiger charge is -2.05. The van der Waals surface area contributed by atoms with Crippen molar-refractivity contribution in [2.24, 2.45) is 0 Å². The quantitative estimate of drug-likeness (QED) is 0.866. The fourth-order valence-electron chi connectivity index (χ4n) is 1.54. The van der Waals surface area contributed by atoms with Crippen molar-refractivity contribution in [3.05, 3.63) is 64.4 Å². The molecule has 1 atom stereocenters. The number of nitriles is 1. The van der Waals surface area contributed by atoms with Crippen molar-refractivity contribution >= 4 is 22.4 Å². The molecule has 0 aliphatic rings. The summed E-state index contributed by atoms with van der Waals surface area (Å²) in [6.07, 6.45) is 0. The van der Waals surface area contributed by atoms with Crippen molar-refractivity contribution in [1.82, 2.24) is 0 Å². The number of hydrogen-bond donors (Lipinski definition) is 0. The Morgan fingerprint density at radius 2 is 1.89 bits per heavy atom. The van der Waals surface area contributed by atoms with Gasteiger partial charge in [-0.3, -0.25) is 4.21 Å². The first kappa shape index (κ1) is 13.7. The largest absolute Gasteiger partial charge is 0.254 e. The molecule has 2 rings (SSSR count). The van der Waals surface area contributed by atoms with Crippen molar-refractivity contribution < 1.29 is 8.60 Å². The highest BCUT2D eigenvalue weighted by Gasteiger charge is 2.09. The first-order valence-electron chi connectivity index (χ1n) is 5.42. The molecular weight excluding hydrogens is 285 g/mol. The molecule has 96 valence electrons. The minimum atomic E-state index is -1.30. The van der Waals surface area contributed by atoms with E-state index >= 15 is 0 Å². The minimum Gasteiger partial charge on any atom is -0.254 e. The third kappa shape index (κ3) is 3.40. The monoisotopic (exact) mass is 293 g/mol. The lowest BCUT2D eigenvalue weighted by Crippen LogP contribution is -1.97. The molecule has 0 saturated carbocycles. The Morgan fingerprint density at radius 1 is 1.21 bits per heavy atom. The van der Waals surface area contributed by atoms with Gasteiger partial charge in [0.1, 0.15) is 5.82 Å². The van der Waals surface area contributed by atoms with E-state index in [1.807, 2.05) is 6.07 Å².